The number of morpholine rings is 1. The van der Waals surface area contributed by atoms with E-state index in [-0.39, 0.29) is 17.6 Å². The average molecular weight is 507 g/mol. The van der Waals surface area contributed by atoms with Crippen LogP contribution in [0.3, 0.4) is 0 Å². The van der Waals surface area contributed by atoms with Gasteiger partial charge in [0.2, 0.25) is 0 Å². The van der Waals surface area contributed by atoms with Gasteiger partial charge >= 0.3 is 0 Å². The number of halogens is 1. The Morgan fingerprint density at radius 2 is 2.05 bits per heavy atom. The van der Waals surface area contributed by atoms with Crippen molar-refractivity contribution in [3.8, 4) is 6.07 Å². The van der Waals surface area contributed by atoms with Crippen molar-refractivity contribution < 1.29 is 13.9 Å². The van der Waals surface area contributed by atoms with Crippen LogP contribution in [-0.4, -0.2) is 73.3 Å². The molecule has 0 bridgehead atoms. The lowest BCUT2D eigenvalue weighted by molar-refractivity contribution is -0.109. The Bertz CT molecular complexity index is 1230. The quantitative estimate of drug-likeness (QED) is 0.168. The van der Waals surface area contributed by atoms with E-state index in [0.717, 1.165) is 62.1 Å². The maximum Gasteiger partial charge on any atom is 0.154 e. The summed E-state index contributed by atoms with van der Waals surface area (Å²) < 4.78 is 19.6. The molecule has 1 aliphatic carbocycles. The van der Waals surface area contributed by atoms with Gasteiger partial charge in [0.05, 0.1) is 18.3 Å². The normalized spacial score (nSPS) is 23.8. The molecule has 5 rings (SSSR count). The largest absolute Gasteiger partial charge is 0.370 e. The summed E-state index contributed by atoms with van der Waals surface area (Å²) in [5.74, 6) is 4.92. The molecule has 0 amide bonds. The summed E-state index contributed by atoms with van der Waals surface area (Å²) in [7, 11) is 2.13. The molecule has 10 nitrogen and oxygen atoms in total. The summed E-state index contributed by atoms with van der Waals surface area (Å²) in [5, 5.41) is 15.5. The van der Waals surface area contributed by atoms with Crippen molar-refractivity contribution in [2.75, 3.05) is 39.8 Å². The molecular weight excluding hydrogens is 475 g/mol. The number of nitrogens with zero attached hydrogens (tertiary/aromatic N) is 7. The lowest BCUT2D eigenvalue weighted by Crippen LogP contribution is -2.57. The highest BCUT2D eigenvalue weighted by molar-refractivity contribution is 5.65. The molecule has 37 heavy (non-hydrogen) atoms. The number of aldehydes is 1. The molecule has 3 heterocycles. The Hall–Kier alpha value is -3.59. The first-order chi connectivity index (χ1) is 17.9. The molecule has 0 spiro atoms. The molecular formula is C26H31FN8O2. The van der Waals surface area contributed by atoms with Crippen LogP contribution in [0.15, 0.2) is 39.6 Å². The number of pyridine rings is 1. The molecule has 2 N–H and O–H groups in total. The van der Waals surface area contributed by atoms with Gasteiger partial charge in [0.1, 0.15) is 24.5 Å². The highest BCUT2D eigenvalue weighted by atomic mass is 19.1. The molecule has 2 aromatic rings. The zero-order chi connectivity index (χ0) is 26.4. The SMILES string of the molecule is Cc1c(C2CN3CCN(C)CC3CO2)ccc(F)c1C#N.NN=NC=Nc1ccc2c(n1)CCC2C=O. The van der Waals surface area contributed by atoms with Crippen molar-refractivity contribution in [1.82, 2.24) is 14.8 Å². The zero-order valence-corrected chi connectivity index (χ0v) is 21.0. The lowest BCUT2D eigenvalue weighted by Gasteiger charge is -2.45. The van der Waals surface area contributed by atoms with E-state index in [2.05, 4.69) is 37.2 Å². The third-order valence-electron chi connectivity index (χ3n) is 7.17. The van der Waals surface area contributed by atoms with Gasteiger partial charge < -0.3 is 20.3 Å². The molecule has 3 atom stereocenters. The van der Waals surface area contributed by atoms with E-state index >= 15 is 0 Å². The van der Waals surface area contributed by atoms with Gasteiger partial charge in [-0.2, -0.15) is 5.26 Å². The third-order valence-corrected chi connectivity index (χ3v) is 7.17. The van der Waals surface area contributed by atoms with Crippen molar-refractivity contribution in [3.63, 3.8) is 0 Å². The van der Waals surface area contributed by atoms with Crippen LogP contribution >= 0.6 is 0 Å². The predicted molar refractivity (Wildman–Crippen MR) is 136 cm³/mol. The smallest absolute Gasteiger partial charge is 0.154 e. The molecule has 2 fully saturated rings. The zero-order valence-electron chi connectivity index (χ0n) is 21.0. The number of fused-ring (bicyclic) bond motifs is 2. The fourth-order valence-electron chi connectivity index (χ4n) is 5.12. The number of aryl methyl sites for hydroxylation is 1. The number of aromatic nitrogens is 1. The van der Waals surface area contributed by atoms with Crippen LogP contribution in [0.2, 0.25) is 0 Å². The molecule has 0 radical (unpaired) electrons. The second kappa shape index (κ2) is 12.1. The predicted octanol–water partition coefficient (Wildman–Crippen LogP) is 2.99. The molecule has 1 aromatic carbocycles. The number of aliphatic imine (C=N–C) groups is 1. The number of benzene rings is 1. The van der Waals surface area contributed by atoms with Crippen LogP contribution in [0.25, 0.3) is 0 Å². The maximum absolute atomic E-state index is 13.6. The highest BCUT2D eigenvalue weighted by Gasteiger charge is 2.34. The number of rotatable bonds is 4. The lowest BCUT2D eigenvalue weighted by atomic mass is 9.96. The van der Waals surface area contributed by atoms with Crippen LogP contribution in [0, 0.1) is 24.1 Å². The standard InChI is InChI=1S/C16H20FN3O.C10H11N5O/c1-11-13(3-4-15(17)14(11)7-18)16-9-20-6-5-19(2)8-12(20)10-21-16;11-15-13-6-12-10-4-2-8-7(5-16)1-3-9(8)14-10/h3-4,12,16H,5-6,8-10H2,1-2H3;2,4-7H,1,3H2,(H2,11,12,13,14). The van der Waals surface area contributed by atoms with E-state index in [1.54, 1.807) is 19.1 Å². The molecule has 194 valence electrons. The summed E-state index contributed by atoms with van der Waals surface area (Å²) in [6.07, 6.45) is 3.79. The van der Waals surface area contributed by atoms with Gasteiger partial charge in [0.25, 0.3) is 0 Å². The Labute approximate surface area is 215 Å². The minimum Gasteiger partial charge on any atom is -0.370 e. The number of nitriles is 1. The molecule has 0 saturated carbocycles. The van der Waals surface area contributed by atoms with E-state index in [9.17, 15) is 9.18 Å². The first-order valence-corrected chi connectivity index (χ1v) is 12.3. The molecule has 3 aliphatic rings. The van der Waals surface area contributed by atoms with Crippen LogP contribution in [0.1, 0.15) is 46.4 Å². The number of nitrogens with two attached hydrogens (primary N) is 1. The van der Waals surface area contributed by atoms with Crippen LogP contribution in [0.5, 0.6) is 0 Å². The molecule has 2 saturated heterocycles. The molecule has 3 unspecified atom stereocenters. The van der Waals surface area contributed by atoms with Gasteiger partial charge in [0, 0.05) is 43.8 Å². The minimum atomic E-state index is -0.452. The highest BCUT2D eigenvalue weighted by Crippen LogP contribution is 2.32. The number of ether oxygens (including phenoxy) is 1. The van der Waals surface area contributed by atoms with Crippen LogP contribution in [-0.2, 0) is 16.0 Å². The summed E-state index contributed by atoms with van der Waals surface area (Å²) >= 11 is 0. The average Bonchev–Trinajstić information content (AvgIpc) is 3.32. The summed E-state index contributed by atoms with van der Waals surface area (Å²) in [4.78, 5) is 23.8. The van der Waals surface area contributed by atoms with Crippen molar-refractivity contribution in [1.29, 1.82) is 5.26 Å². The van der Waals surface area contributed by atoms with E-state index in [4.69, 9.17) is 15.8 Å². The van der Waals surface area contributed by atoms with Gasteiger partial charge in [-0.05, 0) is 55.6 Å². The molecule has 1 aromatic heterocycles. The van der Waals surface area contributed by atoms with Crippen molar-refractivity contribution >= 4 is 18.4 Å². The topological polar surface area (TPSA) is 133 Å². The first-order valence-electron chi connectivity index (χ1n) is 12.3. The van der Waals surface area contributed by atoms with Crippen molar-refractivity contribution in [2.24, 2.45) is 21.2 Å². The van der Waals surface area contributed by atoms with Crippen LogP contribution < -0.4 is 5.84 Å². The molecule has 2 aliphatic heterocycles. The maximum atomic E-state index is 13.6. The van der Waals surface area contributed by atoms with Gasteiger partial charge in [-0.3, -0.25) is 4.90 Å². The van der Waals surface area contributed by atoms with Gasteiger partial charge in [0.15, 0.2) is 5.82 Å². The third kappa shape index (κ3) is 6.05. The van der Waals surface area contributed by atoms with E-state index < -0.39 is 5.82 Å². The number of hydrogen-bond acceptors (Lipinski definition) is 8. The Morgan fingerprint density at radius 3 is 2.81 bits per heavy atom. The number of piperazine rings is 1. The van der Waals surface area contributed by atoms with Crippen LogP contribution in [0.4, 0.5) is 10.2 Å². The van der Waals surface area contributed by atoms with Crippen molar-refractivity contribution in [3.05, 3.63) is 58.0 Å². The number of carbonyl (C=O) groups is 1. The van der Waals surface area contributed by atoms with Gasteiger partial charge in [-0.1, -0.05) is 17.4 Å². The summed E-state index contributed by atoms with van der Waals surface area (Å²) in [5.41, 5.74) is 3.72. The molecule has 11 heteroatoms. The summed E-state index contributed by atoms with van der Waals surface area (Å²) in [6.45, 7) is 6.43. The number of likely N-dealkylation sites (N-methyl/N-ethyl adjacent to an activating group) is 1. The second-order valence-corrected chi connectivity index (χ2v) is 9.44. The van der Waals surface area contributed by atoms with Gasteiger partial charge in [-0.15, -0.1) is 5.11 Å². The number of carbonyl (C=O) groups excluding carboxylic acids is 1. The Morgan fingerprint density at radius 1 is 1.24 bits per heavy atom. The first kappa shape index (κ1) is 26.5. The van der Waals surface area contributed by atoms with Crippen molar-refractivity contribution in [2.45, 2.75) is 37.8 Å². The van der Waals surface area contributed by atoms with E-state index in [0.29, 0.717) is 24.0 Å². The second-order valence-electron chi connectivity index (χ2n) is 9.44. The monoisotopic (exact) mass is 506 g/mol. The summed E-state index contributed by atoms with van der Waals surface area (Å²) in [6, 6.07) is 9.17. The van der Waals surface area contributed by atoms with E-state index in [1.165, 1.54) is 12.4 Å². The fourth-order valence-corrected chi connectivity index (χ4v) is 5.12. The number of hydrogen-bond donors (Lipinski definition) is 1. The fraction of sp³-hybridized carbons (Fsp3) is 0.462. The minimum absolute atomic E-state index is 0.00995. The van der Waals surface area contributed by atoms with Gasteiger partial charge in [-0.25, -0.2) is 14.4 Å². The van der Waals surface area contributed by atoms with E-state index in [1.807, 2.05) is 12.1 Å². The Kier molecular flexibility index (Phi) is 8.66. The Balaban J connectivity index is 0.000000180.